The molecule has 1 heterocycles. The summed E-state index contributed by atoms with van der Waals surface area (Å²) in [6, 6.07) is 0.899. The number of rotatable bonds is 3. The van der Waals surface area contributed by atoms with E-state index in [1.807, 2.05) is 0 Å². The molecule has 1 unspecified atom stereocenters. The average Bonchev–Trinajstić information content (AvgIpc) is 3.03. The summed E-state index contributed by atoms with van der Waals surface area (Å²) in [6.45, 7) is 0. The molecule has 0 spiro atoms. The molecule has 17 heavy (non-hydrogen) atoms. The molecule has 0 aliphatic heterocycles. The van der Waals surface area contributed by atoms with Crippen LogP contribution in [-0.2, 0) is 0 Å². The van der Waals surface area contributed by atoms with Crippen LogP contribution in [0.1, 0.15) is 30.5 Å². The molecule has 2 rings (SSSR count). The number of pyridine rings is 1. The first kappa shape index (κ1) is 12.2. The van der Waals surface area contributed by atoms with Crippen molar-refractivity contribution in [3.63, 3.8) is 0 Å². The van der Waals surface area contributed by atoms with Crippen molar-refractivity contribution >= 4 is 0 Å². The Balaban J connectivity index is 2.44. The maximum absolute atomic E-state index is 12.7. The fourth-order valence-electron chi connectivity index (χ4n) is 1.88. The van der Waals surface area contributed by atoms with Crippen molar-refractivity contribution in [1.82, 2.24) is 9.88 Å². The van der Waals surface area contributed by atoms with Crippen molar-refractivity contribution in [3.05, 3.63) is 34.2 Å². The maximum atomic E-state index is 12.7. The highest BCUT2D eigenvalue weighted by atomic mass is 19.4. The van der Waals surface area contributed by atoms with Crippen LogP contribution in [0.5, 0.6) is 0 Å². The van der Waals surface area contributed by atoms with E-state index in [1.54, 1.807) is 6.20 Å². The summed E-state index contributed by atoms with van der Waals surface area (Å²) in [4.78, 5) is 11.9. The van der Waals surface area contributed by atoms with Crippen molar-refractivity contribution in [2.45, 2.75) is 31.1 Å². The van der Waals surface area contributed by atoms with E-state index in [1.165, 1.54) is 23.7 Å². The minimum absolute atomic E-state index is 0.0770. The summed E-state index contributed by atoms with van der Waals surface area (Å²) in [5.41, 5.74) is -0.791. The molecule has 1 N–H and O–H groups in total. The summed E-state index contributed by atoms with van der Waals surface area (Å²) < 4.78 is 39.6. The van der Waals surface area contributed by atoms with Crippen molar-refractivity contribution in [3.8, 4) is 0 Å². The fraction of sp³-hybridized carbons (Fsp3) is 0.545. The number of hydrogen-bond donors (Lipinski definition) is 1. The first-order valence-electron chi connectivity index (χ1n) is 5.40. The van der Waals surface area contributed by atoms with E-state index >= 15 is 0 Å². The van der Waals surface area contributed by atoms with Gasteiger partial charge in [0.25, 0.3) is 5.56 Å². The second kappa shape index (κ2) is 4.18. The Morgan fingerprint density at radius 3 is 2.59 bits per heavy atom. The normalized spacial score (nSPS) is 18.1. The third kappa shape index (κ3) is 2.36. The highest BCUT2D eigenvalue weighted by Gasteiger charge is 2.41. The van der Waals surface area contributed by atoms with Crippen molar-refractivity contribution in [1.29, 1.82) is 0 Å². The smallest absolute Gasteiger partial charge is 0.312 e. The molecule has 0 amide bonds. The van der Waals surface area contributed by atoms with Gasteiger partial charge in [0, 0.05) is 17.8 Å². The quantitative estimate of drug-likeness (QED) is 0.885. The summed E-state index contributed by atoms with van der Waals surface area (Å²) >= 11 is 0. The topological polar surface area (TPSA) is 34.0 Å². The number of alkyl halides is 3. The van der Waals surface area contributed by atoms with Crippen LogP contribution in [0.2, 0.25) is 0 Å². The molecular weight excluding hydrogens is 233 g/mol. The third-order valence-corrected chi connectivity index (χ3v) is 2.87. The second-order valence-corrected chi connectivity index (χ2v) is 4.17. The predicted molar refractivity (Wildman–Crippen MR) is 56.8 cm³/mol. The highest BCUT2D eigenvalue weighted by Crippen LogP contribution is 2.35. The van der Waals surface area contributed by atoms with Crippen LogP contribution in [-0.4, -0.2) is 17.8 Å². The summed E-state index contributed by atoms with van der Waals surface area (Å²) in [5, 5.41) is 2.15. The minimum atomic E-state index is -4.46. The molecule has 1 aliphatic carbocycles. The van der Waals surface area contributed by atoms with Gasteiger partial charge in [0.15, 0.2) is 0 Å². The van der Waals surface area contributed by atoms with Crippen LogP contribution < -0.4 is 10.9 Å². The third-order valence-electron chi connectivity index (χ3n) is 2.87. The molecule has 3 nitrogen and oxygen atoms in total. The Morgan fingerprint density at radius 2 is 2.12 bits per heavy atom. The Labute approximate surface area is 96.3 Å². The largest absolute Gasteiger partial charge is 0.408 e. The molecule has 0 radical (unpaired) electrons. The molecule has 0 bridgehead atoms. The van der Waals surface area contributed by atoms with E-state index in [9.17, 15) is 18.0 Å². The Bertz CT molecular complexity index is 463. The van der Waals surface area contributed by atoms with Gasteiger partial charge in [-0.05, 0) is 26.0 Å². The van der Waals surface area contributed by atoms with Gasteiger partial charge in [-0.15, -0.1) is 0 Å². The van der Waals surface area contributed by atoms with Crippen LogP contribution in [0, 0.1) is 0 Å². The number of nitrogens with one attached hydrogen (secondary N) is 1. The molecule has 0 saturated heterocycles. The van der Waals surface area contributed by atoms with Gasteiger partial charge in [-0.2, -0.15) is 13.2 Å². The van der Waals surface area contributed by atoms with Crippen LogP contribution in [0.15, 0.2) is 23.1 Å². The highest BCUT2D eigenvalue weighted by molar-refractivity contribution is 5.18. The lowest BCUT2D eigenvalue weighted by atomic mass is 10.1. The lowest BCUT2D eigenvalue weighted by Crippen LogP contribution is -2.37. The predicted octanol–water partition coefficient (Wildman–Crippen LogP) is 2.01. The summed E-state index contributed by atoms with van der Waals surface area (Å²) in [7, 11) is 1.20. The average molecular weight is 246 g/mol. The molecule has 1 aromatic heterocycles. The van der Waals surface area contributed by atoms with Gasteiger partial charge in [-0.1, -0.05) is 6.07 Å². The number of halogens is 3. The van der Waals surface area contributed by atoms with Gasteiger partial charge in [-0.25, -0.2) is 0 Å². The SMILES string of the molecule is CNC(c1cccn(C2CC2)c1=O)C(F)(F)F. The lowest BCUT2D eigenvalue weighted by molar-refractivity contribution is -0.156. The van der Waals surface area contributed by atoms with E-state index in [2.05, 4.69) is 5.32 Å². The molecule has 1 saturated carbocycles. The number of hydrogen-bond acceptors (Lipinski definition) is 2. The van der Waals surface area contributed by atoms with E-state index in [0.29, 0.717) is 0 Å². The molecule has 6 heteroatoms. The first-order valence-corrected chi connectivity index (χ1v) is 5.40. The molecule has 1 aliphatic rings. The molecular formula is C11H13F3N2O. The van der Waals surface area contributed by atoms with E-state index in [4.69, 9.17) is 0 Å². The van der Waals surface area contributed by atoms with Crippen LogP contribution >= 0.6 is 0 Å². The molecule has 1 atom stereocenters. The van der Waals surface area contributed by atoms with E-state index < -0.39 is 17.8 Å². The Kier molecular flexibility index (Phi) is 2.99. The lowest BCUT2D eigenvalue weighted by Gasteiger charge is -2.20. The van der Waals surface area contributed by atoms with Gasteiger partial charge in [-0.3, -0.25) is 4.79 Å². The minimum Gasteiger partial charge on any atom is -0.312 e. The molecule has 0 aromatic carbocycles. The zero-order valence-electron chi connectivity index (χ0n) is 9.29. The monoisotopic (exact) mass is 246 g/mol. The molecule has 94 valence electrons. The molecule has 1 fully saturated rings. The van der Waals surface area contributed by atoms with Crippen molar-refractivity contribution < 1.29 is 13.2 Å². The van der Waals surface area contributed by atoms with Crippen LogP contribution in [0.25, 0.3) is 0 Å². The van der Waals surface area contributed by atoms with E-state index in [0.717, 1.165) is 12.8 Å². The maximum Gasteiger partial charge on any atom is 0.408 e. The van der Waals surface area contributed by atoms with Gasteiger partial charge in [0.1, 0.15) is 6.04 Å². The van der Waals surface area contributed by atoms with Gasteiger partial charge >= 0.3 is 6.18 Å². The van der Waals surface area contributed by atoms with Crippen molar-refractivity contribution in [2.24, 2.45) is 0 Å². The van der Waals surface area contributed by atoms with Gasteiger partial charge < -0.3 is 9.88 Å². The van der Waals surface area contributed by atoms with Crippen molar-refractivity contribution in [2.75, 3.05) is 7.05 Å². The first-order chi connectivity index (χ1) is 7.95. The summed E-state index contributed by atoms with van der Waals surface area (Å²) in [5.74, 6) is 0. The Hall–Kier alpha value is -1.30. The zero-order chi connectivity index (χ0) is 12.6. The fourth-order valence-corrected chi connectivity index (χ4v) is 1.88. The molecule has 1 aromatic rings. The van der Waals surface area contributed by atoms with Gasteiger partial charge in [0.05, 0.1) is 0 Å². The van der Waals surface area contributed by atoms with Crippen LogP contribution in [0.3, 0.4) is 0 Å². The van der Waals surface area contributed by atoms with Gasteiger partial charge in [0.2, 0.25) is 0 Å². The Morgan fingerprint density at radius 1 is 1.47 bits per heavy atom. The van der Waals surface area contributed by atoms with E-state index in [-0.39, 0.29) is 11.6 Å². The second-order valence-electron chi connectivity index (χ2n) is 4.17. The zero-order valence-corrected chi connectivity index (χ0v) is 9.29. The number of nitrogens with zero attached hydrogens (tertiary/aromatic N) is 1. The standard InChI is InChI=1S/C11H13F3N2O/c1-15-9(11(12,13)14)8-3-2-6-16(10(8)17)7-4-5-7/h2-3,6-7,9,15H,4-5H2,1H3. The summed E-state index contributed by atoms with van der Waals surface area (Å²) in [6.07, 6.45) is -1.19. The van der Waals surface area contributed by atoms with Crippen LogP contribution in [0.4, 0.5) is 13.2 Å². The number of aromatic nitrogens is 1.